The Bertz CT molecular complexity index is 776. The molecule has 1 heterocycles. The minimum Gasteiger partial charge on any atom is -0.489 e. The normalized spacial score (nSPS) is 19.2. The van der Waals surface area contributed by atoms with E-state index in [2.05, 4.69) is 24.1 Å². The van der Waals surface area contributed by atoms with Gasteiger partial charge in [0.2, 0.25) is 5.91 Å². The van der Waals surface area contributed by atoms with Gasteiger partial charge in [-0.25, -0.2) is 0 Å². The molecule has 1 fully saturated rings. The first-order valence-corrected chi connectivity index (χ1v) is 9.93. The number of nitrogens with two attached hydrogens (primary N) is 1. The molecule has 0 bridgehead atoms. The molecular weight excluding hydrogens is 350 g/mol. The lowest BCUT2D eigenvalue weighted by atomic mass is 9.80. The number of hydrogen-bond acceptors (Lipinski definition) is 4. The predicted molar refractivity (Wildman–Crippen MR) is 112 cm³/mol. The SMILES string of the molecule is CC1(C)CN(CC(=O)NCc2ccccc2COc2ccccc2)CCC1N. The lowest BCUT2D eigenvalue weighted by Gasteiger charge is -2.42. The van der Waals surface area contributed by atoms with Crippen LogP contribution in [0.2, 0.25) is 0 Å². The zero-order valence-electron chi connectivity index (χ0n) is 16.9. The van der Waals surface area contributed by atoms with Gasteiger partial charge in [-0.2, -0.15) is 0 Å². The Balaban J connectivity index is 1.51. The predicted octanol–water partition coefficient (Wildman–Crippen LogP) is 2.94. The second kappa shape index (κ2) is 9.22. The third kappa shape index (κ3) is 5.57. The first-order chi connectivity index (χ1) is 13.4. The molecule has 0 radical (unpaired) electrons. The third-order valence-electron chi connectivity index (χ3n) is 5.49. The van der Waals surface area contributed by atoms with Crippen molar-refractivity contribution in [1.82, 2.24) is 10.2 Å². The molecule has 1 amide bonds. The fourth-order valence-corrected chi connectivity index (χ4v) is 3.62. The van der Waals surface area contributed by atoms with E-state index < -0.39 is 0 Å². The second-order valence-corrected chi connectivity index (χ2v) is 8.24. The summed E-state index contributed by atoms with van der Waals surface area (Å²) < 4.78 is 5.86. The molecular formula is C23H31N3O2. The van der Waals surface area contributed by atoms with E-state index in [-0.39, 0.29) is 17.4 Å². The van der Waals surface area contributed by atoms with E-state index in [0.717, 1.165) is 36.4 Å². The summed E-state index contributed by atoms with van der Waals surface area (Å²) in [7, 11) is 0. The van der Waals surface area contributed by atoms with Crippen LogP contribution in [0.3, 0.4) is 0 Å². The lowest BCUT2D eigenvalue weighted by molar-refractivity contribution is -0.123. The van der Waals surface area contributed by atoms with Crippen LogP contribution in [0.1, 0.15) is 31.4 Å². The minimum absolute atomic E-state index is 0.0416. The van der Waals surface area contributed by atoms with Gasteiger partial charge in [-0.3, -0.25) is 9.69 Å². The van der Waals surface area contributed by atoms with E-state index in [9.17, 15) is 4.79 Å². The summed E-state index contributed by atoms with van der Waals surface area (Å²) in [6.07, 6.45) is 0.930. The monoisotopic (exact) mass is 381 g/mol. The zero-order valence-corrected chi connectivity index (χ0v) is 16.9. The quantitative estimate of drug-likeness (QED) is 0.774. The van der Waals surface area contributed by atoms with E-state index in [4.69, 9.17) is 10.5 Å². The average Bonchev–Trinajstić information content (AvgIpc) is 2.69. The van der Waals surface area contributed by atoms with Crippen LogP contribution in [0.4, 0.5) is 0 Å². The Morgan fingerprint density at radius 3 is 2.54 bits per heavy atom. The van der Waals surface area contributed by atoms with E-state index >= 15 is 0 Å². The van der Waals surface area contributed by atoms with Gasteiger partial charge >= 0.3 is 0 Å². The number of hydrogen-bond donors (Lipinski definition) is 2. The number of carbonyl (C=O) groups is 1. The van der Waals surface area contributed by atoms with Crippen molar-refractivity contribution in [2.75, 3.05) is 19.6 Å². The molecule has 1 aliphatic heterocycles. The number of para-hydroxylation sites is 1. The highest BCUT2D eigenvalue weighted by molar-refractivity contribution is 5.78. The molecule has 0 saturated carbocycles. The van der Waals surface area contributed by atoms with Crippen molar-refractivity contribution in [3.63, 3.8) is 0 Å². The number of piperidine rings is 1. The van der Waals surface area contributed by atoms with Gasteiger partial charge in [0.25, 0.3) is 0 Å². The molecule has 2 aromatic rings. The maximum Gasteiger partial charge on any atom is 0.234 e. The molecule has 3 rings (SSSR count). The summed E-state index contributed by atoms with van der Waals surface area (Å²) >= 11 is 0. The number of rotatable bonds is 7. The standard InChI is InChI=1S/C23H31N3O2/c1-23(2)17-26(13-12-21(23)24)15-22(27)25-14-18-8-6-7-9-19(18)16-28-20-10-4-3-5-11-20/h3-11,21H,12-17,24H2,1-2H3,(H,25,27). The molecule has 150 valence electrons. The Labute approximate surface area is 167 Å². The Hall–Kier alpha value is -2.37. The van der Waals surface area contributed by atoms with Crippen LogP contribution < -0.4 is 15.8 Å². The summed E-state index contributed by atoms with van der Waals surface area (Å²) in [5.74, 6) is 0.886. The number of likely N-dealkylation sites (tertiary alicyclic amines) is 1. The van der Waals surface area contributed by atoms with Gasteiger partial charge in [-0.05, 0) is 35.1 Å². The molecule has 5 heteroatoms. The van der Waals surface area contributed by atoms with E-state index in [0.29, 0.717) is 19.7 Å². The smallest absolute Gasteiger partial charge is 0.234 e. The van der Waals surface area contributed by atoms with Crippen LogP contribution in [-0.4, -0.2) is 36.5 Å². The summed E-state index contributed by atoms with van der Waals surface area (Å²) in [4.78, 5) is 14.7. The zero-order chi connectivity index (χ0) is 20.0. The number of ether oxygens (including phenoxy) is 1. The number of amides is 1. The molecule has 1 aliphatic rings. The number of nitrogens with one attached hydrogen (secondary N) is 1. The van der Waals surface area contributed by atoms with E-state index in [1.807, 2.05) is 54.6 Å². The van der Waals surface area contributed by atoms with Crippen molar-refractivity contribution >= 4 is 5.91 Å². The molecule has 28 heavy (non-hydrogen) atoms. The topological polar surface area (TPSA) is 67.6 Å². The second-order valence-electron chi connectivity index (χ2n) is 8.24. The van der Waals surface area contributed by atoms with E-state index in [1.165, 1.54) is 0 Å². The molecule has 2 aromatic carbocycles. The Kier molecular flexibility index (Phi) is 6.70. The summed E-state index contributed by atoms with van der Waals surface area (Å²) in [5.41, 5.74) is 8.39. The Morgan fingerprint density at radius 1 is 1.14 bits per heavy atom. The molecule has 0 aliphatic carbocycles. The van der Waals surface area contributed by atoms with Gasteiger partial charge in [0.1, 0.15) is 12.4 Å². The van der Waals surface area contributed by atoms with Gasteiger partial charge < -0.3 is 15.8 Å². The van der Waals surface area contributed by atoms with Crippen LogP contribution in [0.15, 0.2) is 54.6 Å². The van der Waals surface area contributed by atoms with Gasteiger partial charge in [0.05, 0.1) is 6.54 Å². The molecule has 1 unspecified atom stereocenters. The van der Waals surface area contributed by atoms with Crippen LogP contribution >= 0.6 is 0 Å². The largest absolute Gasteiger partial charge is 0.489 e. The fourth-order valence-electron chi connectivity index (χ4n) is 3.62. The number of nitrogens with zero attached hydrogens (tertiary/aromatic N) is 1. The molecule has 3 N–H and O–H groups in total. The van der Waals surface area contributed by atoms with Crippen molar-refractivity contribution in [2.45, 2.75) is 39.5 Å². The van der Waals surface area contributed by atoms with Crippen molar-refractivity contribution in [3.05, 3.63) is 65.7 Å². The van der Waals surface area contributed by atoms with Crippen LogP contribution in [-0.2, 0) is 17.9 Å². The first kappa shape index (κ1) is 20.4. The van der Waals surface area contributed by atoms with Gasteiger partial charge in [-0.1, -0.05) is 56.3 Å². The highest BCUT2D eigenvalue weighted by Gasteiger charge is 2.33. The lowest BCUT2D eigenvalue weighted by Crippen LogP contribution is -2.54. The van der Waals surface area contributed by atoms with Gasteiger partial charge in [-0.15, -0.1) is 0 Å². The average molecular weight is 382 g/mol. The highest BCUT2D eigenvalue weighted by Crippen LogP contribution is 2.27. The van der Waals surface area contributed by atoms with Gasteiger partial charge in [0, 0.05) is 25.7 Å². The first-order valence-electron chi connectivity index (χ1n) is 9.93. The Morgan fingerprint density at radius 2 is 1.82 bits per heavy atom. The number of benzene rings is 2. The summed E-state index contributed by atoms with van der Waals surface area (Å²) in [6.45, 7) is 7.47. The molecule has 0 aromatic heterocycles. The van der Waals surface area contributed by atoms with E-state index in [1.54, 1.807) is 0 Å². The summed E-state index contributed by atoms with van der Waals surface area (Å²) in [5, 5.41) is 3.06. The van der Waals surface area contributed by atoms with Crippen molar-refractivity contribution in [1.29, 1.82) is 0 Å². The number of carbonyl (C=O) groups excluding carboxylic acids is 1. The molecule has 5 nitrogen and oxygen atoms in total. The van der Waals surface area contributed by atoms with Crippen molar-refractivity contribution < 1.29 is 9.53 Å². The summed E-state index contributed by atoms with van der Waals surface area (Å²) in [6, 6.07) is 18.0. The highest BCUT2D eigenvalue weighted by atomic mass is 16.5. The van der Waals surface area contributed by atoms with Crippen LogP contribution in [0, 0.1) is 5.41 Å². The van der Waals surface area contributed by atoms with Crippen molar-refractivity contribution in [2.24, 2.45) is 11.1 Å². The fraction of sp³-hybridized carbons (Fsp3) is 0.435. The van der Waals surface area contributed by atoms with Gasteiger partial charge in [0.15, 0.2) is 0 Å². The maximum absolute atomic E-state index is 12.5. The molecule has 0 spiro atoms. The van der Waals surface area contributed by atoms with Crippen molar-refractivity contribution in [3.8, 4) is 5.75 Å². The van der Waals surface area contributed by atoms with Crippen LogP contribution in [0.25, 0.3) is 0 Å². The molecule has 1 saturated heterocycles. The maximum atomic E-state index is 12.5. The van der Waals surface area contributed by atoms with Crippen LogP contribution in [0.5, 0.6) is 5.75 Å². The molecule has 1 atom stereocenters. The minimum atomic E-state index is 0.0416. The third-order valence-corrected chi connectivity index (χ3v) is 5.49.